The first kappa shape index (κ1) is 13.9. The van der Waals surface area contributed by atoms with Gasteiger partial charge in [0.25, 0.3) is 12.4 Å². The van der Waals surface area contributed by atoms with Gasteiger partial charge in [0.15, 0.2) is 0 Å². The van der Waals surface area contributed by atoms with Crippen molar-refractivity contribution < 1.29 is 24.5 Å². The van der Waals surface area contributed by atoms with Crippen molar-refractivity contribution in [3.8, 4) is 0 Å². The summed E-state index contributed by atoms with van der Waals surface area (Å²) in [6.07, 6.45) is 0. The molecule has 0 aliphatic heterocycles. The molecule has 0 atom stereocenters. The fourth-order valence-electron chi connectivity index (χ4n) is 0.333. The Hall–Kier alpha value is -0.650. The van der Waals surface area contributed by atoms with E-state index < -0.39 is 12.4 Å². The van der Waals surface area contributed by atoms with Gasteiger partial charge in [-0.3, -0.25) is 4.79 Å². The molecule has 0 rings (SSSR count). The molecule has 0 aromatic rings. The molecular formula is C7H16O5. The summed E-state index contributed by atoms with van der Waals surface area (Å²) >= 11 is 0. The Bertz CT molecular complexity index is 94.0. The van der Waals surface area contributed by atoms with Crippen molar-refractivity contribution in [2.24, 2.45) is 0 Å². The van der Waals surface area contributed by atoms with Crippen LogP contribution in [0.2, 0.25) is 0 Å². The summed E-state index contributed by atoms with van der Waals surface area (Å²) in [5, 5.41) is 16.0. The van der Waals surface area contributed by atoms with E-state index in [2.05, 4.69) is 9.47 Å². The van der Waals surface area contributed by atoms with Crippen LogP contribution in [0.3, 0.4) is 0 Å². The summed E-state index contributed by atoms with van der Waals surface area (Å²) < 4.78 is 9.23. The van der Waals surface area contributed by atoms with Gasteiger partial charge in [-0.05, 0) is 13.8 Å². The van der Waals surface area contributed by atoms with Crippen LogP contribution in [0.4, 0.5) is 0 Å². The van der Waals surface area contributed by atoms with E-state index in [9.17, 15) is 0 Å². The standard InChI is InChI=1S/C5H12O3.C2H4O2/c1-3-7-5(6)8-4-2;1-2(3)4/h5-6H,3-4H2,1-2H3;1H3,(H,3,4). The monoisotopic (exact) mass is 180 g/mol. The van der Waals surface area contributed by atoms with E-state index in [1.165, 1.54) is 0 Å². The zero-order chi connectivity index (χ0) is 9.98. The number of hydrogen-bond donors (Lipinski definition) is 2. The molecule has 2 N–H and O–H groups in total. The summed E-state index contributed by atoms with van der Waals surface area (Å²) in [5.74, 6) is -0.833. The Labute approximate surface area is 71.9 Å². The highest BCUT2D eigenvalue weighted by Crippen LogP contribution is 1.86. The maximum absolute atomic E-state index is 9.00. The van der Waals surface area contributed by atoms with Crippen LogP contribution < -0.4 is 0 Å². The molecule has 0 aliphatic rings. The quantitative estimate of drug-likeness (QED) is 0.613. The third kappa shape index (κ3) is 22.8. The zero-order valence-corrected chi connectivity index (χ0v) is 7.61. The molecule has 0 aromatic carbocycles. The second kappa shape index (κ2) is 10.3. The summed E-state index contributed by atoms with van der Waals surface area (Å²) in [7, 11) is 0. The van der Waals surface area contributed by atoms with Crippen LogP contribution in [0.25, 0.3) is 0 Å². The zero-order valence-electron chi connectivity index (χ0n) is 7.61. The van der Waals surface area contributed by atoms with Gasteiger partial charge < -0.3 is 19.7 Å². The van der Waals surface area contributed by atoms with Crippen LogP contribution >= 0.6 is 0 Å². The van der Waals surface area contributed by atoms with Gasteiger partial charge in [-0.15, -0.1) is 0 Å². The highest BCUT2D eigenvalue weighted by atomic mass is 16.8. The van der Waals surface area contributed by atoms with Crippen molar-refractivity contribution in [3.63, 3.8) is 0 Å². The third-order valence-electron chi connectivity index (χ3n) is 0.618. The summed E-state index contributed by atoms with van der Waals surface area (Å²) in [5.41, 5.74) is 0. The summed E-state index contributed by atoms with van der Waals surface area (Å²) in [4.78, 5) is 9.00. The smallest absolute Gasteiger partial charge is 0.300 e. The first-order valence-corrected chi connectivity index (χ1v) is 3.65. The second-order valence-electron chi connectivity index (χ2n) is 1.74. The number of aliphatic carboxylic acids is 1. The Morgan fingerprint density at radius 2 is 1.58 bits per heavy atom. The average molecular weight is 180 g/mol. The third-order valence-corrected chi connectivity index (χ3v) is 0.618. The van der Waals surface area contributed by atoms with E-state index >= 15 is 0 Å². The van der Waals surface area contributed by atoms with Gasteiger partial charge in [-0.2, -0.15) is 0 Å². The molecule has 5 nitrogen and oxygen atoms in total. The first-order chi connectivity index (χ1) is 5.54. The van der Waals surface area contributed by atoms with Gasteiger partial charge in [0.2, 0.25) is 0 Å². The van der Waals surface area contributed by atoms with Crippen molar-refractivity contribution in [2.75, 3.05) is 13.2 Å². The molecule has 0 spiro atoms. The average Bonchev–Trinajstić information content (AvgIpc) is 1.87. The lowest BCUT2D eigenvalue weighted by Gasteiger charge is -2.07. The van der Waals surface area contributed by atoms with Crippen molar-refractivity contribution >= 4 is 5.97 Å². The SMILES string of the molecule is CC(=O)O.CCOC(O)OCC. The highest BCUT2D eigenvalue weighted by Gasteiger charge is 1.97. The Kier molecular flexibility index (Phi) is 12.0. The van der Waals surface area contributed by atoms with Gasteiger partial charge in [0, 0.05) is 20.1 Å². The fourth-order valence-corrected chi connectivity index (χ4v) is 0.333. The van der Waals surface area contributed by atoms with E-state index in [1.54, 1.807) is 13.8 Å². The van der Waals surface area contributed by atoms with Crippen molar-refractivity contribution in [2.45, 2.75) is 27.2 Å². The molecule has 0 aromatic heterocycles. The van der Waals surface area contributed by atoms with Crippen LogP contribution in [-0.2, 0) is 14.3 Å². The van der Waals surface area contributed by atoms with E-state index in [1.807, 2.05) is 0 Å². The van der Waals surface area contributed by atoms with Crippen LogP contribution in [0, 0.1) is 0 Å². The second-order valence-corrected chi connectivity index (χ2v) is 1.74. The minimum atomic E-state index is -1.04. The molecule has 12 heavy (non-hydrogen) atoms. The molecule has 0 aliphatic carbocycles. The number of aliphatic hydroxyl groups excluding tert-OH is 1. The summed E-state index contributed by atoms with van der Waals surface area (Å²) in [6.45, 7) is 4.58. The molecule has 0 saturated carbocycles. The molecule has 74 valence electrons. The first-order valence-electron chi connectivity index (χ1n) is 3.65. The van der Waals surface area contributed by atoms with Gasteiger partial charge in [-0.1, -0.05) is 0 Å². The van der Waals surface area contributed by atoms with E-state index in [-0.39, 0.29) is 0 Å². The van der Waals surface area contributed by atoms with Gasteiger partial charge in [-0.25, -0.2) is 0 Å². The number of ether oxygens (including phenoxy) is 2. The lowest BCUT2D eigenvalue weighted by Crippen LogP contribution is -2.15. The molecule has 0 radical (unpaired) electrons. The minimum Gasteiger partial charge on any atom is -0.481 e. The maximum Gasteiger partial charge on any atom is 0.300 e. The van der Waals surface area contributed by atoms with E-state index in [0.29, 0.717) is 13.2 Å². The van der Waals surface area contributed by atoms with Gasteiger partial charge >= 0.3 is 0 Å². The fraction of sp³-hybridized carbons (Fsp3) is 0.857. The van der Waals surface area contributed by atoms with Crippen molar-refractivity contribution in [3.05, 3.63) is 0 Å². The lowest BCUT2D eigenvalue weighted by atomic mass is 10.8. The minimum absolute atomic E-state index is 0.473. The van der Waals surface area contributed by atoms with Crippen LogP contribution in [0.15, 0.2) is 0 Å². The molecule has 0 amide bonds. The van der Waals surface area contributed by atoms with Crippen LogP contribution in [-0.4, -0.2) is 35.9 Å². The summed E-state index contributed by atoms with van der Waals surface area (Å²) in [6, 6.07) is 0. The number of carboxylic acid groups (broad SMARTS) is 1. The number of carboxylic acids is 1. The van der Waals surface area contributed by atoms with Crippen molar-refractivity contribution in [1.82, 2.24) is 0 Å². The number of carbonyl (C=O) groups is 1. The predicted octanol–water partition coefficient (Wildman–Crippen LogP) is 0.426. The van der Waals surface area contributed by atoms with E-state index in [0.717, 1.165) is 6.92 Å². The largest absolute Gasteiger partial charge is 0.481 e. The molecular weight excluding hydrogens is 164 g/mol. The molecule has 0 heterocycles. The number of hydrogen-bond acceptors (Lipinski definition) is 4. The Morgan fingerprint density at radius 1 is 1.33 bits per heavy atom. The normalized spacial score (nSPS) is 9.08. The van der Waals surface area contributed by atoms with Gasteiger partial charge in [0.1, 0.15) is 0 Å². The number of rotatable bonds is 4. The van der Waals surface area contributed by atoms with E-state index in [4.69, 9.17) is 15.0 Å². The van der Waals surface area contributed by atoms with Crippen molar-refractivity contribution in [1.29, 1.82) is 0 Å². The highest BCUT2D eigenvalue weighted by molar-refractivity contribution is 5.62. The topological polar surface area (TPSA) is 76.0 Å². The molecule has 0 unspecified atom stereocenters. The molecule has 0 fully saturated rings. The number of aliphatic hydroxyl groups is 1. The van der Waals surface area contributed by atoms with Crippen LogP contribution in [0.5, 0.6) is 0 Å². The predicted molar refractivity (Wildman–Crippen MR) is 42.6 cm³/mol. The lowest BCUT2D eigenvalue weighted by molar-refractivity contribution is -0.258. The Balaban J connectivity index is 0. The Morgan fingerprint density at radius 3 is 1.75 bits per heavy atom. The van der Waals surface area contributed by atoms with Crippen LogP contribution in [0.1, 0.15) is 20.8 Å². The molecule has 0 bridgehead atoms. The molecule has 5 heteroatoms. The van der Waals surface area contributed by atoms with Gasteiger partial charge in [0.05, 0.1) is 0 Å². The molecule has 0 saturated heterocycles. The maximum atomic E-state index is 9.00.